The van der Waals surface area contributed by atoms with Gasteiger partial charge in [0.1, 0.15) is 11.5 Å². The molecule has 2 heteroatoms. The van der Waals surface area contributed by atoms with Crippen LogP contribution >= 0.6 is 11.8 Å². The molecule has 0 fully saturated rings. The molecule has 43 heavy (non-hydrogen) atoms. The summed E-state index contributed by atoms with van der Waals surface area (Å²) in [5.41, 5.74) is 6.22. The number of rotatable bonds is 2. The first kappa shape index (κ1) is 24.5. The molecular weight excluding hydrogens is 541 g/mol. The summed E-state index contributed by atoms with van der Waals surface area (Å²) in [6.45, 7) is 2.19. The molecule has 1 nitrogen and oxygen atoms in total. The molecule has 202 valence electrons. The Kier molecular flexibility index (Phi) is 5.41. The third-order valence-electron chi connectivity index (χ3n) is 8.74. The van der Waals surface area contributed by atoms with E-state index in [-0.39, 0.29) is 0 Å². The van der Waals surface area contributed by atoms with Crippen molar-refractivity contribution in [3.05, 3.63) is 145 Å². The normalized spacial score (nSPS) is 12.4. The zero-order chi connectivity index (χ0) is 28.5. The van der Waals surface area contributed by atoms with Gasteiger partial charge in [0.25, 0.3) is 0 Å². The van der Waals surface area contributed by atoms with Crippen LogP contribution in [0.4, 0.5) is 0 Å². The van der Waals surface area contributed by atoms with E-state index in [1.54, 1.807) is 11.8 Å². The second-order valence-electron chi connectivity index (χ2n) is 11.3. The monoisotopic (exact) mass is 566 g/mol. The highest BCUT2D eigenvalue weighted by atomic mass is 32.2. The smallest absolute Gasteiger partial charge is 0.142 e. The van der Waals surface area contributed by atoms with E-state index < -0.39 is 0 Å². The van der Waals surface area contributed by atoms with Crippen molar-refractivity contribution in [2.24, 2.45) is 0 Å². The van der Waals surface area contributed by atoms with E-state index in [9.17, 15) is 0 Å². The summed E-state index contributed by atoms with van der Waals surface area (Å²) in [4.78, 5) is 2.30. The standard InChI is InChI=1S/C41H26OS/c1-25-18-20-33-34(22-25)40(27-19-21-39-37(24-27)42-36-16-8-9-17-38(36)43-39)31-14-6-7-15-32(31)41(33)35-23-26-10-2-3-11-28(26)29-12-4-5-13-30(29)35/h2-24H,1H3. The lowest BCUT2D eigenvalue weighted by Crippen LogP contribution is -1.96. The number of hydrogen-bond donors (Lipinski definition) is 0. The summed E-state index contributed by atoms with van der Waals surface area (Å²) in [5.74, 6) is 1.83. The number of ether oxygens (including phenoxy) is 1. The average molecular weight is 567 g/mol. The van der Waals surface area contributed by atoms with Crippen molar-refractivity contribution >= 4 is 54.9 Å². The molecule has 0 radical (unpaired) electrons. The van der Waals surface area contributed by atoms with Crippen LogP contribution in [0.2, 0.25) is 0 Å². The van der Waals surface area contributed by atoms with Gasteiger partial charge >= 0.3 is 0 Å². The van der Waals surface area contributed by atoms with Crippen LogP contribution in [0.3, 0.4) is 0 Å². The van der Waals surface area contributed by atoms with Gasteiger partial charge in [-0.05, 0) is 103 Å². The molecule has 0 aliphatic carbocycles. The predicted octanol–water partition coefficient (Wildman–Crippen LogP) is 12.2. The van der Waals surface area contributed by atoms with Crippen LogP contribution in [0.1, 0.15) is 5.56 Å². The maximum Gasteiger partial charge on any atom is 0.142 e. The number of para-hydroxylation sites is 1. The molecule has 8 aromatic carbocycles. The Morgan fingerprint density at radius 2 is 1.09 bits per heavy atom. The van der Waals surface area contributed by atoms with E-state index in [1.165, 1.54) is 70.9 Å². The van der Waals surface area contributed by atoms with E-state index in [0.29, 0.717) is 0 Å². The molecule has 0 atom stereocenters. The highest BCUT2D eigenvalue weighted by molar-refractivity contribution is 7.99. The summed E-state index contributed by atoms with van der Waals surface area (Å²) >= 11 is 1.77. The lowest BCUT2D eigenvalue weighted by Gasteiger charge is -2.22. The second-order valence-corrected chi connectivity index (χ2v) is 12.4. The topological polar surface area (TPSA) is 9.23 Å². The minimum Gasteiger partial charge on any atom is -0.455 e. The SMILES string of the molecule is Cc1ccc2c(-c3cc4ccccc4c4ccccc34)c3ccccc3c(-c3ccc4c(c3)Oc3ccccc3S4)c2c1. The van der Waals surface area contributed by atoms with Crippen LogP contribution in [0.5, 0.6) is 11.5 Å². The van der Waals surface area contributed by atoms with E-state index >= 15 is 0 Å². The third kappa shape index (κ3) is 3.80. The van der Waals surface area contributed by atoms with Gasteiger partial charge in [0.15, 0.2) is 0 Å². The molecule has 0 amide bonds. The van der Waals surface area contributed by atoms with E-state index in [0.717, 1.165) is 21.3 Å². The lowest BCUT2D eigenvalue weighted by atomic mass is 9.83. The molecule has 8 aromatic rings. The lowest BCUT2D eigenvalue weighted by molar-refractivity contribution is 0.455. The predicted molar refractivity (Wildman–Crippen MR) is 183 cm³/mol. The first-order chi connectivity index (χ1) is 21.2. The first-order valence-electron chi connectivity index (χ1n) is 14.7. The largest absolute Gasteiger partial charge is 0.455 e. The third-order valence-corrected chi connectivity index (χ3v) is 9.85. The van der Waals surface area contributed by atoms with Crippen molar-refractivity contribution in [2.45, 2.75) is 16.7 Å². The Hall–Kier alpha value is -5.05. The van der Waals surface area contributed by atoms with Gasteiger partial charge in [-0.1, -0.05) is 127 Å². The Morgan fingerprint density at radius 1 is 0.442 bits per heavy atom. The van der Waals surface area contributed by atoms with E-state index in [4.69, 9.17) is 4.74 Å². The van der Waals surface area contributed by atoms with Crippen LogP contribution in [-0.4, -0.2) is 0 Å². The Morgan fingerprint density at radius 3 is 1.95 bits per heavy atom. The van der Waals surface area contributed by atoms with Crippen LogP contribution in [0.25, 0.3) is 65.3 Å². The van der Waals surface area contributed by atoms with Gasteiger partial charge < -0.3 is 4.74 Å². The zero-order valence-corrected chi connectivity index (χ0v) is 24.4. The summed E-state index contributed by atoms with van der Waals surface area (Å²) in [6, 6.07) is 50.8. The Bertz CT molecular complexity index is 2420. The molecule has 1 aliphatic rings. The summed E-state index contributed by atoms with van der Waals surface area (Å²) in [6.07, 6.45) is 0. The molecule has 0 unspecified atom stereocenters. The van der Waals surface area contributed by atoms with Crippen molar-refractivity contribution in [3.8, 4) is 33.8 Å². The number of hydrogen-bond acceptors (Lipinski definition) is 2. The highest BCUT2D eigenvalue weighted by Gasteiger charge is 2.22. The molecule has 0 spiro atoms. The van der Waals surface area contributed by atoms with Gasteiger partial charge in [-0.25, -0.2) is 0 Å². The molecular formula is C41H26OS. The average Bonchev–Trinajstić information content (AvgIpc) is 3.05. The molecule has 0 saturated heterocycles. The van der Waals surface area contributed by atoms with Crippen LogP contribution < -0.4 is 4.74 Å². The molecule has 0 saturated carbocycles. The second kappa shape index (κ2) is 9.49. The number of fused-ring (bicyclic) bond motifs is 7. The zero-order valence-electron chi connectivity index (χ0n) is 23.6. The van der Waals surface area contributed by atoms with Gasteiger partial charge in [-0.3, -0.25) is 0 Å². The molecule has 0 bridgehead atoms. The minimum absolute atomic E-state index is 0.913. The Balaban J connectivity index is 1.37. The summed E-state index contributed by atoms with van der Waals surface area (Å²) < 4.78 is 6.45. The summed E-state index contributed by atoms with van der Waals surface area (Å²) in [7, 11) is 0. The van der Waals surface area contributed by atoms with Crippen LogP contribution in [0, 0.1) is 6.92 Å². The molecule has 1 heterocycles. The quantitative estimate of drug-likeness (QED) is 0.152. The number of benzene rings is 8. The van der Waals surface area contributed by atoms with Crippen LogP contribution in [-0.2, 0) is 0 Å². The molecule has 0 aromatic heterocycles. The molecule has 1 aliphatic heterocycles. The first-order valence-corrected chi connectivity index (χ1v) is 15.5. The van der Waals surface area contributed by atoms with Crippen molar-refractivity contribution in [1.29, 1.82) is 0 Å². The van der Waals surface area contributed by atoms with Gasteiger partial charge in [-0.2, -0.15) is 0 Å². The van der Waals surface area contributed by atoms with Crippen LogP contribution in [0.15, 0.2) is 149 Å². The highest BCUT2D eigenvalue weighted by Crippen LogP contribution is 2.51. The van der Waals surface area contributed by atoms with E-state index in [2.05, 4.69) is 140 Å². The fraction of sp³-hybridized carbons (Fsp3) is 0.0244. The van der Waals surface area contributed by atoms with Gasteiger partial charge in [0, 0.05) is 0 Å². The van der Waals surface area contributed by atoms with Crippen molar-refractivity contribution < 1.29 is 4.74 Å². The molecule has 9 rings (SSSR count). The molecule has 0 N–H and O–H groups in total. The summed E-state index contributed by atoms with van der Waals surface area (Å²) in [5, 5.41) is 10.1. The van der Waals surface area contributed by atoms with Gasteiger partial charge in [-0.15, -0.1) is 0 Å². The van der Waals surface area contributed by atoms with Crippen molar-refractivity contribution in [1.82, 2.24) is 0 Å². The fourth-order valence-corrected chi connectivity index (χ4v) is 7.77. The number of aryl methyl sites for hydroxylation is 1. The van der Waals surface area contributed by atoms with E-state index in [1.807, 2.05) is 6.07 Å². The van der Waals surface area contributed by atoms with Gasteiger partial charge in [0.2, 0.25) is 0 Å². The maximum absolute atomic E-state index is 6.45. The Labute approximate surface area is 254 Å². The van der Waals surface area contributed by atoms with Crippen molar-refractivity contribution in [2.75, 3.05) is 0 Å². The van der Waals surface area contributed by atoms with Crippen molar-refractivity contribution in [3.63, 3.8) is 0 Å². The maximum atomic E-state index is 6.45. The van der Waals surface area contributed by atoms with Gasteiger partial charge in [0.05, 0.1) is 9.79 Å². The minimum atomic E-state index is 0.913. The fourth-order valence-electron chi connectivity index (χ4n) is 6.84.